The van der Waals surface area contributed by atoms with Gasteiger partial charge in [-0.05, 0) is 30.0 Å². The zero-order valence-electron chi connectivity index (χ0n) is 9.90. The van der Waals surface area contributed by atoms with Gasteiger partial charge in [-0.3, -0.25) is 4.98 Å². The zero-order valence-corrected chi connectivity index (χ0v) is 9.90. The van der Waals surface area contributed by atoms with Gasteiger partial charge in [0.05, 0.1) is 0 Å². The quantitative estimate of drug-likeness (QED) is 0.751. The molecule has 16 heavy (non-hydrogen) atoms. The van der Waals surface area contributed by atoms with Crippen molar-refractivity contribution in [3.8, 4) is 11.1 Å². The molecule has 0 saturated carbocycles. The van der Waals surface area contributed by atoms with E-state index in [0.29, 0.717) is 0 Å². The SMILES string of the molecule is CCc1ccc(-c2ccc(CC)nc2)cc1. The smallest absolute Gasteiger partial charge is 0.0401 e. The van der Waals surface area contributed by atoms with Crippen LogP contribution in [0.1, 0.15) is 25.1 Å². The van der Waals surface area contributed by atoms with Gasteiger partial charge in [-0.15, -0.1) is 0 Å². The number of aryl methyl sites for hydroxylation is 2. The maximum atomic E-state index is 4.42. The fraction of sp³-hybridized carbons (Fsp3) is 0.267. The third-order valence-corrected chi connectivity index (χ3v) is 2.88. The van der Waals surface area contributed by atoms with Crippen LogP contribution in [-0.4, -0.2) is 4.98 Å². The lowest BCUT2D eigenvalue weighted by molar-refractivity contribution is 1.04. The average Bonchev–Trinajstić information content (AvgIpc) is 2.39. The lowest BCUT2D eigenvalue weighted by Gasteiger charge is -2.03. The molecule has 1 aromatic heterocycles. The van der Waals surface area contributed by atoms with E-state index in [4.69, 9.17) is 0 Å². The van der Waals surface area contributed by atoms with Crippen LogP contribution in [0.15, 0.2) is 42.6 Å². The maximum absolute atomic E-state index is 4.42. The molecular formula is C15H17N. The highest BCUT2D eigenvalue weighted by atomic mass is 14.7. The number of hydrogen-bond acceptors (Lipinski definition) is 1. The molecule has 0 aliphatic rings. The second-order valence-corrected chi connectivity index (χ2v) is 3.94. The first-order valence-electron chi connectivity index (χ1n) is 5.87. The molecule has 0 aliphatic heterocycles. The summed E-state index contributed by atoms with van der Waals surface area (Å²) in [4.78, 5) is 4.42. The minimum Gasteiger partial charge on any atom is -0.261 e. The Balaban J connectivity index is 2.28. The molecule has 0 fully saturated rings. The highest BCUT2D eigenvalue weighted by Crippen LogP contribution is 2.19. The van der Waals surface area contributed by atoms with Crippen molar-refractivity contribution < 1.29 is 0 Å². The molecule has 1 nitrogen and oxygen atoms in total. The molecule has 0 spiro atoms. The molecule has 1 aromatic carbocycles. The van der Waals surface area contributed by atoms with E-state index in [1.807, 2.05) is 6.20 Å². The van der Waals surface area contributed by atoms with Gasteiger partial charge in [0.2, 0.25) is 0 Å². The Hall–Kier alpha value is -1.63. The normalized spacial score (nSPS) is 10.4. The highest BCUT2D eigenvalue weighted by Gasteiger charge is 1.98. The summed E-state index contributed by atoms with van der Waals surface area (Å²) in [7, 11) is 0. The molecule has 0 N–H and O–H groups in total. The van der Waals surface area contributed by atoms with E-state index in [9.17, 15) is 0 Å². The van der Waals surface area contributed by atoms with Gasteiger partial charge in [-0.1, -0.05) is 44.2 Å². The van der Waals surface area contributed by atoms with E-state index >= 15 is 0 Å². The first-order valence-corrected chi connectivity index (χ1v) is 5.87. The van der Waals surface area contributed by atoms with Gasteiger partial charge in [0.15, 0.2) is 0 Å². The fourth-order valence-corrected chi connectivity index (χ4v) is 1.74. The van der Waals surface area contributed by atoms with Crippen molar-refractivity contribution in [1.29, 1.82) is 0 Å². The minimum absolute atomic E-state index is 0.995. The molecule has 1 heterocycles. The van der Waals surface area contributed by atoms with Crippen molar-refractivity contribution in [2.24, 2.45) is 0 Å². The van der Waals surface area contributed by atoms with Gasteiger partial charge in [-0.2, -0.15) is 0 Å². The number of pyridine rings is 1. The molecule has 82 valence electrons. The molecule has 0 aliphatic carbocycles. The van der Waals surface area contributed by atoms with Gasteiger partial charge in [-0.25, -0.2) is 0 Å². The third-order valence-electron chi connectivity index (χ3n) is 2.88. The van der Waals surface area contributed by atoms with Gasteiger partial charge in [0.25, 0.3) is 0 Å². The molecule has 0 amide bonds. The largest absolute Gasteiger partial charge is 0.261 e. The van der Waals surface area contributed by atoms with Crippen molar-refractivity contribution in [3.63, 3.8) is 0 Å². The second kappa shape index (κ2) is 4.93. The number of nitrogens with zero attached hydrogens (tertiary/aromatic N) is 1. The van der Waals surface area contributed by atoms with E-state index in [2.05, 4.69) is 55.2 Å². The maximum Gasteiger partial charge on any atom is 0.0401 e. The van der Waals surface area contributed by atoms with Gasteiger partial charge >= 0.3 is 0 Å². The van der Waals surface area contributed by atoms with Crippen molar-refractivity contribution in [1.82, 2.24) is 4.98 Å². The van der Waals surface area contributed by atoms with E-state index < -0.39 is 0 Å². The molecule has 0 saturated heterocycles. The van der Waals surface area contributed by atoms with Gasteiger partial charge in [0, 0.05) is 17.5 Å². The molecule has 0 unspecified atom stereocenters. The molecule has 2 aromatic rings. The van der Waals surface area contributed by atoms with E-state index in [1.165, 1.54) is 16.7 Å². The van der Waals surface area contributed by atoms with Crippen LogP contribution < -0.4 is 0 Å². The Bertz CT molecular complexity index is 394. The Kier molecular flexibility index (Phi) is 3.35. The van der Waals surface area contributed by atoms with Crippen molar-refractivity contribution in [2.45, 2.75) is 26.7 Å². The molecular weight excluding hydrogens is 194 g/mol. The Labute approximate surface area is 97.2 Å². The standard InChI is InChI=1S/C15H17N/c1-3-12-5-7-13(8-6-12)14-9-10-15(4-2)16-11-14/h5-11H,3-4H2,1-2H3. The molecule has 0 radical (unpaired) electrons. The van der Waals surface area contributed by atoms with E-state index in [-0.39, 0.29) is 0 Å². The van der Waals surface area contributed by atoms with Crippen LogP contribution in [0.2, 0.25) is 0 Å². The summed E-state index contributed by atoms with van der Waals surface area (Å²) in [5.41, 5.74) is 4.96. The number of rotatable bonds is 3. The average molecular weight is 211 g/mol. The van der Waals surface area contributed by atoms with Crippen molar-refractivity contribution in [2.75, 3.05) is 0 Å². The number of hydrogen-bond donors (Lipinski definition) is 0. The van der Waals surface area contributed by atoms with Gasteiger partial charge < -0.3 is 0 Å². The third kappa shape index (κ3) is 2.30. The molecule has 0 bridgehead atoms. The summed E-state index contributed by atoms with van der Waals surface area (Å²) >= 11 is 0. The first-order chi connectivity index (χ1) is 7.83. The zero-order chi connectivity index (χ0) is 11.4. The summed E-state index contributed by atoms with van der Waals surface area (Å²) in [5, 5.41) is 0. The summed E-state index contributed by atoms with van der Waals surface area (Å²) in [6.07, 6.45) is 4.04. The first kappa shape index (κ1) is 10.9. The predicted molar refractivity (Wildman–Crippen MR) is 68.4 cm³/mol. The predicted octanol–water partition coefficient (Wildman–Crippen LogP) is 3.87. The summed E-state index contributed by atoms with van der Waals surface area (Å²) < 4.78 is 0. The van der Waals surface area contributed by atoms with Crippen LogP contribution in [0.4, 0.5) is 0 Å². The van der Waals surface area contributed by atoms with E-state index in [1.54, 1.807) is 0 Å². The summed E-state index contributed by atoms with van der Waals surface area (Å²) in [5.74, 6) is 0. The second-order valence-electron chi connectivity index (χ2n) is 3.94. The van der Waals surface area contributed by atoms with Crippen LogP contribution in [0, 0.1) is 0 Å². The van der Waals surface area contributed by atoms with Crippen LogP contribution in [0.3, 0.4) is 0 Å². The lowest BCUT2D eigenvalue weighted by Crippen LogP contribution is -1.87. The Morgan fingerprint density at radius 1 is 0.812 bits per heavy atom. The Morgan fingerprint density at radius 2 is 1.50 bits per heavy atom. The van der Waals surface area contributed by atoms with Gasteiger partial charge in [0.1, 0.15) is 0 Å². The van der Waals surface area contributed by atoms with Crippen LogP contribution >= 0.6 is 0 Å². The monoisotopic (exact) mass is 211 g/mol. The summed E-state index contributed by atoms with van der Waals surface area (Å²) in [6.45, 7) is 4.30. The topological polar surface area (TPSA) is 12.9 Å². The van der Waals surface area contributed by atoms with Crippen LogP contribution in [0.5, 0.6) is 0 Å². The highest BCUT2D eigenvalue weighted by molar-refractivity contribution is 5.62. The minimum atomic E-state index is 0.995. The number of aromatic nitrogens is 1. The van der Waals surface area contributed by atoms with Crippen molar-refractivity contribution >= 4 is 0 Å². The lowest BCUT2D eigenvalue weighted by atomic mass is 10.0. The molecule has 1 heteroatoms. The van der Waals surface area contributed by atoms with Crippen LogP contribution in [0.25, 0.3) is 11.1 Å². The van der Waals surface area contributed by atoms with Crippen LogP contribution in [-0.2, 0) is 12.8 Å². The van der Waals surface area contributed by atoms with Crippen molar-refractivity contribution in [3.05, 3.63) is 53.9 Å². The van der Waals surface area contributed by atoms with E-state index in [0.717, 1.165) is 18.5 Å². The summed E-state index contributed by atoms with van der Waals surface area (Å²) in [6, 6.07) is 12.9. The fourth-order valence-electron chi connectivity index (χ4n) is 1.74. The molecule has 2 rings (SSSR count). The molecule has 0 atom stereocenters. The number of benzene rings is 1. The Morgan fingerprint density at radius 3 is 2.00 bits per heavy atom.